The highest BCUT2D eigenvalue weighted by molar-refractivity contribution is 7.98. The molecule has 1 aliphatic rings. The number of fused-ring (bicyclic) bond motifs is 1. The van der Waals surface area contributed by atoms with E-state index in [4.69, 9.17) is 10.2 Å². The number of furan rings is 1. The Kier molecular flexibility index (Phi) is 3.50. The van der Waals surface area contributed by atoms with Gasteiger partial charge in [-0.1, -0.05) is 6.92 Å². The zero-order valence-corrected chi connectivity index (χ0v) is 12.1. The SMILES string of the molecule is CCc1ccc(C(N)c2cc3c(s2)CCSC3)o1. The molecule has 1 aliphatic heterocycles. The molecule has 2 aromatic rings. The minimum absolute atomic E-state index is 0.106. The maximum Gasteiger partial charge on any atom is 0.126 e. The number of rotatable bonds is 3. The second-order valence-electron chi connectivity index (χ2n) is 4.54. The van der Waals surface area contributed by atoms with Gasteiger partial charge in [0.05, 0.1) is 6.04 Å². The first-order valence-corrected chi connectivity index (χ1v) is 8.28. The smallest absolute Gasteiger partial charge is 0.126 e. The summed E-state index contributed by atoms with van der Waals surface area (Å²) >= 11 is 3.87. The van der Waals surface area contributed by atoms with Gasteiger partial charge in [-0.3, -0.25) is 0 Å². The van der Waals surface area contributed by atoms with Crippen molar-refractivity contribution >= 4 is 23.1 Å². The van der Waals surface area contributed by atoms with E-state index in [1.807, 2.05) is 35.2 Å². The first-order chi connectivity index (χ1) is 8.78. The van der Waals surface area contributed by atoms with Gasteiger partial charge in [-0.05, 0) is 35.9 Å². The van der Waals surface area contributed by atoms with Crippen LogP contribution in [0.2, 0.25) is 0 Å². The molecule has 0 saturated carbocycles. The van der Waals surface area contributed by atoms with Gasteiger partial charge in [0.15, 0.2) is 0 Å². The van der Waals surface area contributed by atoms with E-state index in [9.17, 15) is 0 Å². The van der Waals surface area contributed by atoms with Gasteiger partial charge in [-0.25, -0.2) is 0 Å². The molecular formula is C14H17NOS2. The van der Waals surface area contributed by atoms with Crippen LogP contribution in [0.25, 0.3) is 0 Å². The van der Waals surface area contributed by atoms with Crippen molar-refractivity contribution in [2.45, 2.75) is 31.6 Å². The lowest BCUT2D eigenvalue weighted by Gasteiger charge is -2.08. The Hall–Kier alpha value is -0.710. The minimum Gasteiger partial charge on any atom is -0.464 e. The van der Waals surface area contributed by atoms with Gasteiger partial charge >= 0.3 is 0 Å². The van der Waals surface area contributed by atoms with E-state index in [-0.39, 0.29) is 6.04 Å². The van der Waals surface area contributed by atoms with Crippen LogP contribution < -0.4 is 5.73 Å². The Balaban J connectivity index is 1.87. The molecular weight excluding hydrogens is 262 g/mol. The predicted octanol–water partition coefficient (Wildman–Crippen LogP) is 3.74. The lowest BCUT2D eigenvalue weighted by atomic mass is 10.1. The summed E-state index contributed by atoms with van der Waals surface area (Å²) in [6.45, 7) is 2.09. The fraction of sp³-hybridized carbons (Fsp3) is 0.429. The molecule has 4 heteroatoms. The van der Waals surface area contributed by atoms with Crippen LogP contribution in [0, 0.1) is 0 Å². The third kappa shape index (κ3) is 2.25. The standard InChI is InChI=1S/C14H17NOS2/c1-2-10-3-4-11(16-10)14(15)13-7-9-8-17-6-5-12(9)18-13/h3-4,7,14H,2,5-6,8,15H2,1H3. The summed E-state index contributed by atoms with van der Waals surface area (Å²) in [5.41, 5.74) is 7.78. The molecule has 0 bridgehead atoms. The molecule has 0 spiro atoms. The lowest BCUT2D eigenvalue weighted by molar-refractivity contribution is 0.455. The van der Waals surface area contributed by atoms with Gasteiger partial charge in [-0.15, -0.1) is 11.3 Å². The lowest BCUT2D eigenvalue weighted by Crippen LogP contribution is -2.08. The number of hydrogen-bond acceptors (Lipinski definition) is 4. The van der Waals surface area contributed by atoms with Crippen LogP contribution in [0.5, 0.6) is 0 Å². The third-order valence-corrected chi connectivity index (χ3v) is 5.62. The molecule has 96 valence electrons. The van der Waals surface area contributed by atoms with Crippen molar-refractivity contribution in [1.29, 1.82) is 0 Å². The third-order valence-electron chi connectivity index (χ3n) is 3.29. The topological polar surface area (TPSA) is 39.2 Å². The molecule has 2 N–H and O–H groups in total. The van der Waals surface area contributed by atoms with E-state index in [1.54, 1.807) is 0 Å². The van der Waals surface area contributed by atoms with E-state index in [1.165, 1.54) is 27.5 Å². The molecule has 0 aliphatic carbocycles. The molecule has 2 aromatic heterocycles. The fourth-order valence-corrected chi connectivity index (χ4v) is 4.60. The second kappa shape index (κ2) is 5.11. The molecule has 2 nitrogen and oxygen atoms in total. The molecule has 0 fully saturated rings. The molecule has 3 rings (SSSR count). The van der Waals surface area contributed by atoms with Crippen molar-refractivity contribution in [3.05, 3.63) is 45.0 Å². The van der Waals surface area contributed by atoms with Crippen LogP contribution in [0.3, 0.4) is 0 Å². The molecule has 0 amide bonds. The van der Waals surface area contributed by atoms with Crippen LogP contribution in [-0.4, -0.2) is 5.75 Å². The number of nitrogens with two attached hydrogens (primary N) is 1. The number of thioether (sulfide) groups is 1. The van der Waals surface area contributed by atoms with E-state index in [0.717, 1.165) is 23.7 Å². The zero-order valence-electron chi connectivity index (χ0n) is 10.4. The highest BCUT2D eigenvalue weighted by Gasteiger charge is 2.20. The van der Waals surface area contributed by atoms with Gasteiger partial charge in [0.1, 0.15) is 11.5 Å². The van der Waals surface area contributed by atoms with Crippen LogP contribution in [0.1, 0.15) is 39.8 Å². The van der Waals surface area contributed by atoms with Crippen LogP contribution in [0.15, 0.2) is 22.6 Å². The summed E-state index contributed by atoms with van der Waals surface area (Å²) in [5.74, 6) is 4.27. The first-order valence-electron chi connectivity index (χ1n) is 6.31. The van der Waals surface area contributed by atoms with Crippen LogP contribution in [-0.2, 0) is 18.6 Å². The highest BCUT2D eigenvalue weighted by atomic mass is 32.2. The van der Waals surface area contributed by atoms with Gasteiger partial charge in [0.2, 0.25) is 0 Å². The molecule has 0 radical (unpaired) electrons. The van der Waals surface area contributed by atoms with Gasteiger partial charge < -0.3 is 10.2 Å². The zero-order chi connectivity index (χ0) is 12.5. The average molecular weight is 279 g/mol. The summed E-state index contributed by atoms with van der Waals surface area (Å²) in [4.78, 5) is 2.75. The Morgan fingerprint density at radius 1 is 1.44 bits per heavy atom. The summed E-state index contributed by atoms with van der Waals surface area (Å²) in [6.07, 6.45) is 2.11. The van der Waals surface area contributed by atoms with Crippen molar-refractivity contribution in [2.75, 3.05) is 5.75 Å². The van der Waals surface area contributed by atoms with E-state index in [0.29, 0.717) is 0 Å². The molecule has 1 atom stereocenters. The van der Waals surface area contributed by atoms with Gasteiger partial charge in [0.25, 0.3) is 0 Å². The Labute approximate surface area is 116 Å². The molecule has 1 unspecified atom stereocenters. The molecule has 0 aromatic carbocycles. The second-order valence-corrected chi connectivity index (χ2v) is 6.81. The quantitative estimate of drug-likeness (QED) is 0.930. The van der Waals surface area contributed by atoms with Crippen molar-refractivity contribution in [3.63, 3.8) is 0 Å². The summed E-state index contributed by atoms with van der Waals surface area (Å²) in [7, 11) is 0. The number of hydrogen-bond donors (Lipinski definition) is 1. The van der Waals surface area contributed by atoms with E-state index in [2.05, 4.69) is 13.0 Å². The normalized spacial score (nSPS) is 16.6. The monoisotopic (exact) mass is 279 g/mol. The van der Waals surface area contributed by atoms with Crippen molar-refractivity contribution in [1.82, 2.24) is 0 Å². The Bertz CT molecular complexity index is 520. The summed E-state index contributed by atoms with van der Waals surface area (Å²) in [6, 6.07) is 6.20. The summed E-state index contributed by atoms with van der Waals surface area (Å²) < 4.78 is 5.76. The van der Waals surface area contributed by atoms with Gasteiger partial charge in [-0.2, -0.15) is 11.8 Å². The van der Waals surface area contributed by atoms with Gasteiger partial charge in [0, 0.05) is 21.9 Å². The Morgan fingerprint density at radius 2 is 2.33 bits per heavy atom. The van der Waals surface area contributed by atoms with Crippen LogP contribution >= 0.6 is 23.1 Å². The maximum atomic E-state index is 6.31. The fourth-order valence-electron chi connectivity index (χ4n) is 2.22. The predicted molar refractivity (Wildman–Crippen MR) is 78.3 cm³/mol. The first kappa shape index (κ1) is 12.3. The minimum atomic E-state index is -0.106. The molecule has 0 saturated heterocycles. The molecule has 3 heterocycles. The Morgan fingerprint density at radius 3 is 3.06 bits per heavy atom. The largest absolute Gasteiger partial charge is 0.464 e. The summed E-state index contributed by atoms with van der Waals surface area (Å²) in [5, 5.41) is 0. The van der Waals surface area contributed by atoms with E-state index < -0.39 is 0 Å². The van der Waals surface area contributed by atoms with Crippen molar-refractivity contribution < 1.29 is 4.42 Å². The maximum absolute atomic E-state index is 6.31. The van der Waals surface area contributed by atoms with E-state index >= 15 is 0 Å². The average Bonchev–Trinajstić information content (AvgIpc) is 3.04. The number of thiophene rings is 1. The number of aryl methyl sites for hydroxylation is 2. The highest BCUT2D eigenvalue weighted by Crippen LogP contribution is 2.35. The van der Waals surface area contributed by atoms with Crippen LogP contribution in [0.4, 0.5) is 0 Å². The van der Waals surface area contributed by atoms with Crippen molar-refractivity contribution in [3.8, 4) is 0 Å². The van der Waals surface area contributed by atoms with Crippen molar-refractivity contribution in [2.24, 2.45) is 5.73 Å². The molecule has 18 heavy (non-hydrogen) atoms.